The van der Waals surface area contributed by atoms with Crippen LogP contribution < -0.4 is 10.6 Å². The summed E-state index contributed by atoms with van der Waals surface area (Å²) in [5.74, 6) is -1.33. The van der Waals surface area contributed by atoms with E-state index < -0.39 is 24.6 Å². The summed E-state index contributed by atoms with van der Waals surface area (Å²) in [5, 5.41) is 22.5. The van der Waals surface area contributed by atoms with Crippen LogP contribution >= 0.6 is 43.5 Å². The number of carboxylic acids is 1. The lowest BCUT2D eigenvalue weighted by Crippen LogP contribution is -2.45. The van der Waals surface area contributed by atoms with Crippen molar-refractivity contribution in [1.82, 2.24) is 5.32 Å². The molecule has 0 spiro atoms. The van der Waals surface area contributed by atoms with Crippen LogP contribution in [0.25, 0.3) is 0 Å². The zero-order valence-electron chi connectivity index (χ0n) is 9.28. The lowest BCUT2D eigenvalue weighted by molar-refractivity contribution is -0.140. The monoisotopic (exact) mass is 414 g/mol. The Balaban J connectivity index is 2.80. The average molecular weight is 416 g/mol. The van der Waals surface area contributed by atoms with Crippen LogP contribution in [-0.2, 0) is 4.79 Å². The molecule has 19 heavy (non-hydrogen) atoms. The second kappa shape index (κ2) is 7.09. The third-order valence-corrected chi connectivity index (χ3v) is 3.50. The molecular weight excluding hydrogens is 407 g/mol. The first-order valence-electron chi connectivity index (χ1n) is 4.91. The van der Waals surface area contributed by atoms with Gasteiger partial charge in [0.25, 0.3) is 0 Å². The Kier molecular flexibility index (Phi) is 6.05. The fraction of sp³-hybridized carbons (Fsp3) is 0.200. The maximum atomic E-state index is 11.6. The van der Waals surface area contributed by atoms with Gasteiger partial charge in [0.1, 0.15) is 0 Å². The molecule has 0 heterocycles. The largest absolute Gasteiger partial charge is 0.480 e. The van der Waals surface area contributed by atoms with Crippen LogP contribution in [0.3, 0.4) is 0 Å². The van der Waals surface area contributed by atoms with Crippen molar-refractivity contribution in [2.45, 2.75) is 6.04 Å². The number of aliphatic hydroxyl groups excluding tert-OH is 1. The van der Waals surface area contributed by atoms with Crippen LogP contribution in [0.5, 0.6) is 0 Å². The van der Waals surface area contributed by atoms with E-state index in [2.05, 4.69) is 42.5 Å². The molecular formula is C10H9Br2ClN2O4. The molecule has 6 nitrogen and oxygen atoms in total. The molecule has 0 aliphatic heterocycles. The summed E-state index contributed by atoms with van der Waals surface area (Å²) < 4.78 is 1.05. The number of carboxylic acid groups (broad SMARTS) is 1. The molecule has 1 aromatic carbocycles. The highest BCUT2D eigenvalue weighted by atomic mass is 79.9. The fourth-order valence-electron chi connectivity index (χ4n) is 1.15. The molecule has 1 aromatic rings. The number of urea groups is 1. The minimum Gasteiger partial charge on any atom is -0.480 e. The Morgan fingerprint density at radius 3 is 2.26 bits per heavy atom. The number of carbonyl (C=O) groups excluding carboxylic acids is 1. The van der Waals surface area contributed by atoms with E-state index in [9.17, 15) is 9.59 Å². The molecule has 0 bridgehead atoms. The topological polar surface area (TPSA) is 98.7 Å². The van der Waals surface area contributed by atoms with Crippen molar-refractivity contribution >= 4 is 61.1 Å². The minimum absolute atomic E-state index is 0.393. The number of carbonyl (C=O) groups is 2. The maximum absolute atomic E-state index is 11.6. The number of halogens is 3. The van der Waals surface area contributed by atoms with Gasteiger partial charge in [-0.15, -0.1) is 0 Å². The number of aliphatic hydroxyl groups is 1. The van der Waals surface area contributed by atoms with Gasteiger partial charge in [0.15, 0.2) is 6.04 Å². The van der Waals surface area contributed by atoms with Gasteiger partial charge < -0.3 is 20.8 Å². The Labute approximate surface area is 130 Å². The average Bonchev–Trinajstić information content (AvgIpc) is 2.30. The molecule has 9 heteroatoms. The van der Waals surface area contributed by atoms with Crippen LogP contribution in [0.4, 0.5) is 10.5 Å². The van der Waals surface area contributed by atoms with Gasteiger partial charge in [-0.25, -0.2) is 9.59 Å². The molecule has 1 rings (SSSR count). The summed E-state index contributed by atoms with van der Waals surface area (Å²) >= 11 is 12.2. The Hall–Kier alpha value is -0.830. The molecule has 0 aliphatic carbocycles. The van der Waals surface area contributed by atoms with E-state index in [1.807, 2.05) is 0 Å². The number of amides is 2. The minimum atomic E-state index is -1.37. The smallest absolute Gasteiger partial charge is 0.328 e. The van der Waals surface area contributed by atoms with Gasteiger partial charge in [-0.1, -0.05) is 11.6 Å². The van der Waals surface area contributed by atoms with Crippen molar-refractivity contribution < 1.29 is 19.8 Å². The lowest BCUT2D eigenvalue weighted by Gasteiger charge is -2.14. The van der Waals surface area contributed by atoms with Gasteiger partial charge in [-0.05, 0) is 44.0 Å². The summed E-state index contributed by atoms with van der Waals surface area (Å²) in [7, 11) is 0. The number of rotatable bonds is 4. The predicted molar refractivity (Wildman–Crippen MR) is 77.5 cm³/mol. The lowest BCUT2D eigenvalue weighted by atomic mass is 10.3. The Morgan fingerprint density at radius 1 is 1.32 bits per heavy atom. The van der Waals surface area contributed by atoms with Crippen molar-refractivity contribution in [3.63, 3.8) is 0 Å². The first-order valence-corrected chi connectivity index (χ1v) is 6.87. The highest BCUT2D eigenvalue weighted by molar-refractivity contribution is 9.11. The van der Waals surface area contributed by atoms with Crippen LogP contribution in [0.15, 0.2) is 21.1 Å². The third-order valence-electron chi connectivity index (χ3n) is 2.03. The SMILES string of the molecule is O=C(Nc1c(Br)cc(Cl)cc1Br)N[C@H](CO)C(=O)O. The van der Waals surface area contributed by atoms with Gasteiger partial charge >= 0.3 is 12.0 Å². The fourth-order valence-corrected chi connectivity index (χ4v) is 3.02. The molecule has 2 amide bonds. The second-order valence-electron chi connectivity index (χ2n) is 3.42. The summed E-state index contributed by atoms with van der Waals surface area (Å²) in [5.41, 5.74) is 0.393. The van der Waals surface area contributed by atoms with Crippen LogP contribution in [-0.4, -0.2) is 34.9 Å². The molecule has 4 N–H and O–H groups in total. The number of anilines is 1. The van der Waals surface area contributed by atoms with Crippen molar-refractivity contribution in [3.05, 3.63) is 26.1 Å². The van der Waals surface area contributed by atoms with E-state index in [0.29, 0.717) is 19.7 Å². The van der Waals surface area contributed by atoms with Gasteiger partial charge in [0, 0.05) is 14.0 Å². The van der Waals surface area contributed by atoms with Crippen LogP contribution in [0.1, 0.15) is 0 Å². The highest BCUT2D eigenvalue weighted by Gasteiger charge is 2.19. The number of nitrogens with one attached hydrogen (secondary N) is 2. The second-order valence-corrected chi connectivity index (χ2v) is 5.56. The molecule has 0 aliphatic rings. The Bertz CT molecular complexity index is 489. The standard InChI is InChI=1S/C10H9Br2ClN2O4/c11-5-1-4(13)2-6(12)8(5)15-10(19)14-7(3-16)9(17)18/h1-2,7,16H,3H2,(H,17,18)(H2,14,15,19)/t7-/m1/s1. The Morgan fingerprint density at radius 2 is 1.84 bits per heavy atom. The van der Waals surface area contributed by atoms with E-state index >= 15 is 0 Å². The summed E-state index contributed by atoms with van der Waals surface area (Å²) in [6, 6.07) is 1.01. The van der Waals surface area contributed by atoms with E-state index in [-0.39, 0.29) is 0 Å². The number of hydrogen-bond donors (Lipinski definition) is 4. The molecule has 104 valence electrons. The van der Waals surface area contributed by atoms with E-state index in [1.54, 1.807) is 12.1 Å². The van der Waals surface area contributed by atoms with Gasteiger partial charge in [-0.3, -0.25) is 0 Å². The molecule has 0 aromatic heterocycles. The molecule has 1 atom stereocenters. The van der Waals surface area contributed by atoms with Crippen molar-refractivity contribution in [3.8, 4) is 0 Å². The van der Waals surface area contributed by atoms with Crippen LogP contribution in [0, 0.1) is 0 Å². The van der Waals surface area contributed by atoms with Gasteiger partial charge in [0.05, 0.1) is 12.3 Å². The zero-order valence-corrected chi connectivity index (χ0v) is 13.2. The van der Waals surface area contributed by atoms with E-state index in [4.69, 9.17) is 21.8 Å². The molecule has 0 saturated heterocycles. The third kappa shape index (κ3) is 4.64. The van der Waals surface area contributed by atoms with E-state index in [0.717, 1.165) is 0 Å². The number of aliphatic carboxylic acids is 1. The number of benzene rings is 1. The van der Waals surface area contributed by atoms with Crippen LogP contribution in [0.2, 0.25) is 5.02 Å². The molecule has 0 unspecified atom stereocenters. The predicted octanol–water partition coefficient (Wildman–Crippen LogP) is 2.43. The normalized spacial score (nSPS) is 11.8. The van der Waals surface area contributed by atoms with Crippen molar-refractivity contribution in [2.75, 3.05) is 11.9 Å². The van der Waals surface area contributed by atoms with Crippen molar-refractivity contribution in [2.24, 2.45) is 0 Å². The summed E-state index contributed by atoms with van der Waals surface area (Å²) in [4.78, 5) is 22.3. The molecule has 0 radical (unpaired) electrons. The van der Waals surface area contributed by atoms with Gasteiger partial charge in [-0.2, -0.15) is 0 Å². The highest BCUT2D eigenvalue weighted by Crippen LogP contribution is 2.34. The summed E-state index contributed by atoms with van der Waals surface area (Å²) in [6.45, 7) is -0.703. The zero-order chi connectivity index (χ0) is 14.6. The quantitative estimate of drug-likeness (QED) is 0.606. The summed E-state index contributed by atoms with van der Waals surface area (Å²) in [6.07, 6.45) is 0. The van der Waals surface area contributed by atoms with Gasteiger partial charge in [0.2, 0.25) is 0 Å². The van der Waals surface area contributed by atoms with E-state index in [1.165, 1.54) is 0 Å². The molecule has 0 fully saturated rings. The maximum Gasteiger partial charge on any atom is 0.328 e. The van der Waals surface area contributed by atoms with Crippen molar-refractivity contribution in [1.29, 1.82) is 0 Å². The molecule has 0 saturated carbocycles. The number of hydrogen-bond acceptors (Lipinski definition) is 3. The first kappa shape index (κ1) is 16.2. The first-order chi connectivity index (χ1) is 8.85.